The molecule has 1 unspecified atom stereocenters. The number of unbranched alkanes of at least 4 members (excludes halogenated alkanes) is 1. The molecule has 0 fully saturated rings. The van der Waals surface area contributed by atoms with Crippen molar-refractivity contribution in [2.45, 2.75) is 45.3 Å². The summed E-state index contributed by atoms with van der Waals surface area (Å²) in [6.07, 6.45) is 2.24. The van der Waals surface area contributed by atoms with E-state index in [1.165, 1.54) is 0 Å². The van der Waals surface area contributed by atoms with Crippen LogP contribution in [-0.4, -0.2) is 35.9 Å². The van der Waals surface area contributed by atoms with Crippen molar-refractivity contribution in [3.63, 3.8) is 0 Å². The molecule has 1 amide bonds. The summed E-state index contributed by atoms with van der Waals surface area (Å²) >= 11 is 0. The van der Waals surface area contributed by atoms with E-state index in [9.17, 15) is 14.7 Å². The zero-order chi connectivity index (χ0) is 13.3. The normalized spacial score (nSPS) is 13.9. The molecule has 0 aromatic rings. The number of rotatable bonds is 8. The molecule has 0 aliphatic rings. The molecule has 0 aromatic carbocycles. The molecule has 0 rings (SSSR count). The van der Waals surface area contributed by atoms with E-state index in [1.54, 1.807) is 6.92 Å². The summed E-state index contributed by atoms with van der Waals surface area (Å²) in [6, 6.07) is 0. The van der Waals surface area contributed by atoms with E-state index in [-0.39, 0.29) is 19.6 Å². The van der Waals surface area contributed by atoms with E-state index in [4.69, 9.17) is 10.5 Å². The summed E-state index contributed by atoms with van der Waals surface area (Å²) in [4.78, 5) is 22.8. The Kier molecular flexibility index (Phi) is 7.49. The lowest BCUT2D eigenvalue weighted by Gasteiger charge is -2.26. The minimum absolute atomic E-state index is 0.101. The van der Waals surface area contributed by atoms with Crippen LogP contribution in [0.5, 0.6) is 0 Å². The van der Waals surface area contributed by atoms with Crippen LogP contribution in [0.15, 0.2) is 0 Å². The lowest BCUT2D eigenvalue weighted by molar-refractivity contribution is -0.172. The standard InChI is InChI=1S/C11H22N2O4/c1-3-5-7-17-10(15)11(16,6-4-2)13-9(14)8-12/h16H,3-8,12H2,1-2H3,(H,13,14). The van der Waals surface area contributed by atoms with Gasteiger partial charge in [0.1, 0.15) is 0 Å². The van der Waals surface area contributed by atoms with Crippen molar-refractivity contribution >= 4 is 11.9 Å². The second-order valence-corrected chi connectivity index (χ2v) is 3.85. The Bertz CT molecular complexity index is 258. The number of carbonyl (C=O) groups excluding carboxylic acids is 2. The zero-order valence-corrected chi connectivity index (χ0v) is 10.5. The number of esters is 1. The largest absolute Gasteiger partial charge is 0.462 e. The molecule has 1 atom stereocenters. The molecule has 0 heterocycles. The summed E-state index contributed by atoms with van der Waals surface area (Å²) in [5.41, 5.74) is 3.16. The fourth-order valence-corrected chi connectivity index (χ4v) is 1.29. The van der Waals surface area contributed by atoms with Crippen LogP contribution in [0.4, 0.5) is 0 Å². The third-order valence-corrected chi connectivity index (χ3v) is 2.21. The molecule has 0 bridgehead atoms. The van der Waals surface area contributed by atoms with Gasteiger partial charge in [0.05, 0.1) is 13.2 Å². The van der Waals surface area contributed by atoms with Gasteiger partial charge < -0.3 is 20.9 Å². The Hall–Kier alpha value is -1.14. The molecule has 4 N–H and O–H groups in total. The Labute approximate surface area is 102 Å². The van der Waals surface area contributed by atoms with Crippen molar-refractivity contribution in [2.24, 2.45) is 5.73 Å². The van der Waals surface area contributed by atoms with E-state index in [0.29, 0.717) is 6.42 Å². The highest BCUT2D eigenvalue weighted by molar-refractivity contribution is 5.87. The van der Waals surface area contributed by atoms with Crippen molar-refractivity contribution in [3.05, 3.63) is 0 Å². The average Bonchev–Trinajstić information content (AvgIpc) is 2.29. The summed E-state index contributed by atoms with van der Waals surface area (Å²) in [6.45, 7) is 3.70. The monoisotopic (exact) mass is 246 g/mol. The summed E-state index contributed by atoms with van der Waals surface area (Å²) < 4.78 is 4.90. The highest BCUT2D eigenvalue weighted by Crippen LogP contribution is 2.12. The molecule has 0 saturated carbocycles. The van der Waals surface area contributed by atoms with Gasteiger partial charge in [-0.3, -0.25) is 4.79 Å². The van der Waals surface area contributed by atoms with Gasteiger partial charge in [-0.15, -0.1) is 0 Å². The molecule has 0 saturated heterocycles. The van der Waals surface area contributed by atoms with Gasteiger partial charge in [0, 0.05) is 6.42 Å². The van der Waals surface area contributed by atoms with Crippen molar-refractivity contribution in [2.75, 3.05) is 13.2 Å². The van der Waals surface area contributed by atoms with E-state index >= 15 is 0 Å². The lowest BCUT2D eigenvalue weighted by atomic mass is 10.1. The highest BCUT2D eigenvalue weighted by Gasteiger charge is 2.38. The molecule has 0 spiro atoms. The first-order valence-electron chi connectivity index (χ1n) is 5.90. The molecule has 17 heavy (non-hydrogen) atoms. The van der Waals surface area contributed by atoms with Gasteiger partial charge >= 0.3 is 5.97 Å². The molecule has 0 aromatic heterocycles. The lowest BCUT2D eigenvalue weighted by Crippen LogP contribution is -2.56. The molecule has 0 aliphatic heterocycles. The molecule has 6 nitrogen and oxygen atoms in total. The van der Waals surface area contributed by atoms with Gasteiger partial charge in [-0.25, -0.2) is 4.79 Å². The minimum atomic E-state index is -1.96. The summed E-state index contributed by atoms with van der Waals surface area (Å²) in [7, 11) is 0. The molecule has 0 aliphatic carbocycles. The molecular formula is C11H22N2O4. The molecule has 0 radical (unpaired) electrons. The maximum Gasteiger partial charge on any atom is 0.359 e. The smallest absolute Gasteiger partial charge is 0.359 e. The first-order valence-corrected chi connectivity index (χ1v) is 5.90. The summed E-state index contributed by atoms with van der Waals surface area (Å²) in [5.74, 6) is -1.41. The SMILES string of the molecule is CCCCOC(=O)C(O)(CCC)NC(=O)CN. The number of hydrogen-bond acceptors (Lipinski definition) is 5. The second-order valence-electron chi connectivity index (χ2n) is 3.85. The third-order valence-electron chi connectivity index (χ3n) is 2.21. The average molecular weight is 246 g/mol. The van der Waals surface area contributed by atoms with Crippen LogP contribution in [0.1, 0.15) is 39.5 Å². The van der Waals surface area contributed by atoms with Crippen LogP contribution in [-0.2, 0) is 14.3 Å². The first-order chi connectivity index (χ1) is 8.00. The van der Waals surface area contributed by atoms with Crippen molar-refractivity contribution in [1.82, 2.24) is 5.32 Å². The van der Waals surface area contributed by atoms with Crippen LogP contribution in [0.25, 0.3) is 0 Å². The first kappa shape index (κ1) is 15.9. The minimum Gasteiger partial charge on any atom is -0.462 e. The summed E-state index contributed by atoms with van der Waals surface area (Å²) in [5, 5.41) is 12.2. The number of ether oxygens (including phenoxy) is 1. The number of nitrogens with one attached hydrogen (secondary N) is 1. The van der Waals surface area contributed by atoms with Gasteiger partial charge in [0.15, 0.2) is 0 Å². The van der Waals surface area contributed by atoms with Gasteiger partial charge in [-0.05, 0) is 6.42 Å². The Morgan fingerprint density at radius 2 is 2.00 bits per heavy atom. The van der Waals surface area contributed by atoms with E-state index < -0.39 is 17.6 Å². The van der Waals surface area contributed by atoms with E-state index in [0.717, 1.165) is 12.8 Å². The number of aliphatic hydroxyl groups is 1. The number of nitrogens with two attached hydrogens (primary N) is 1. The predicted octanol–water partition coefficient (Wildman–Crippen LogP) is -0.107. The Morgan fingerprint density at radius 1 is 1.35 bits per heavy atom. The van der Waals surface area contributed by atoms with Crippen molar-refractivity contribution < 1.29 is 19.4 Å². The van der Waals surface area contributed by atoms with Gasteiger partial charge in [-0.2, -0.15) is 0 Å². The van der Waals surface area contributed by atoms with E-state index in [1.807, 2.05) is 6.92 Å². The zero-order valence-electron chi connectivity index (χ0n) is 10.5. The Morgan fingerprint density at radius 3 is 2.47 bits per heavy atom. The molecular weight excluding hydrogens is 224 g/mol. The van der Waals surface area contributed by atoms with Crippen LogP contribution in [0, 0.1) is 0 Å². The fraction of sp³-hybridized carbons (Fsp3) is 0.818. The number of hydrogen-bond donors (Lipinski definition) is 3. The molecule has 100 valence electrons. The van der Waals surface area contributed by atoms with Gasteiger partial charge in [0.25, 0.3) is 0 Å². The van der Waals surface area contributed by atoms with Crippen molar-refractivity contribution in [1.29, 1.82) is 0 Å². The maximum atomic E-state index is 11.7. The molecule has 6 heteroatoms. The second kappa shape index (κ2) is 8.03. The number of amides is 1. The van der Waals surface area contributed by atoms with Gasteiger partial charge in [0.2, 0.25) is 11.6 Å². The predicted molar refractivity (Wildman–Crippen MR) is 62.9 cm³/mol. The third kappa shape index (κ3) is 5.65. The fourth-order valence-electron chi connectivity index (χ4n) is 1.29. The Balaban J connectivity index is 4.45. The van der Waals surface area contributed by atoms with Crippen molar-refractivity contribution in [3.8, 4) is 0 Å². The van der Waals surface area contributed by atoms with E-state index in [2.05, 4.69) is 5.32 Å². The quantitative estimate of drug-likeness (QED) is 0.315. The number of carbonyl (C=O) groups is 2. The highest BCUT2D eigenvalue weighted by atomic mass is 16.6. The van der Waals surface area contributed by atoms with Crippen LogP contribution >= 0.6 is 0 Å². The van der Waals surface area contributed by atoms with Crippen LogP contribution in [0.2, 0.25) is 0 Å². The topological polar surface area (TPSA) is 102 Å². The van der Waals surface area contributed by atoms with Crippen LogP contribution < -0.4 is 11.1 Å². The van der Waals surface area contributed by atoms with Gasteiger partial charge in [-0.1, -0.05) is 26.7 Å². The maximum absolute atomic E-state index is 11.7. The van der Waals surface area contributed by atoms with Crippen LogP contribution in [0.3, 0.4) is 0 Å².